The van der Waals surface area contributed by atoms with Gasteiger partial charge >= 0.3 is 6.09 Å². The smallest absolute Gasteiger partial charge is 0.412 e. The fraction of sp³-hybridized carbons (Fsp3) is 0.417. The van der Waals surface area contributed by atoms with Crippen LogP contribution < -0.4 is 5.32 Å². The van der Waals surface area contributed by atoms with Gasteiger partial charge in [-0.1, -0.05) is 12.1 Å². The molecule has 1 aromatic rings. The molecular formula is C12H18NO2P. The molecule has 1 rings (SSSR count). The van der Waals surface area contributed by atoms with E-state index in [-0.39, 0.29) is 0 Å². The molecule has 0 bridgehead atoms. The Morgan fingerprint density at radius 2 is 1.88 bits per heavy atom. The van der Waals surface area contributed by atoms with E-state index in [1.165, 1.54) is 5.56 Å². The van der Waals surface area contributed by atoms with Gasteiger partial charge in [-0.25, -0.2) is 4.79 Å². The largest absolute Gasteiger partial charge is 0.444 e. The highest BCUT2D eigenvalue weighted by Crippen LogP contribution is 2.14. The van der Waals surface area contributed by atoms with Gasteiger partial charge in [0.05, 0.1) is 0 Å². The third-order valence-electron chi connectivity index (χ3n) is 1.83. The number of carbonyl (C=O) groups is 1. The van der Waals surface area contributed by atoms with Crippen LogP contribution in [0.5, 0.6) is 0 Å². The molecule has 4 heteroatoms. The standard InChI is InChI=1S/C12H18NO2P/c1-12(2,3)15-11(14)13-10-6-4-9(8-16)5-7-10/h4-7H,8,16H2,1-3H3,(H,13,14). The van der Waals surface area contributed by atoms with Gasteiger partial charge in [0.2, 0.25) is 0 Å². The summed E-state index contributed by atoms with van der Waals surface area (Å²) < 4.78 is 5.14. The molecule has 88 valence electrons. The summed E-state index contributed by atoms with van der Waals surface area (Å²) in [7, 11) is 2.66. The zero-order valence-corrected chi connectivity index (χ0v) is 11.1. The van der Waals surface area contributed by atoms with Gasteiger partial charge in [0.1, 0.15) is 5.60 Å². The van der Waals surface area contributed by atoms with Crippen LogP contribution in [0.4, 0.5) is 10.5 Å². The summed E-state index contributed by atoms with van der Waals surface area (Å²) in [5, 5.41) is 2.68. The molecule has 0 saturated carbocycles. The monoisotopic (exact) mass is 239 g/mol. The third kappa shape index (κ3) is 4.63. The lowest BCUT2D eigenvalue weighted by Crippen LogP contribution is -2.27. The van der Waals surface area contributed by atoms with E-state index in [1.807, 2.05) is 45.0 Å². The Morgan fingerprint density at radius 3 is 2.31 bits per heavy atom. The lowest BCUT2D eigenvalue weighted by atomic mass is 10.2. The molecule has 0 aliphatic carbocycles. The molecule has 1 amide bonds. The Hall–Kier alpha value is -1.08. The molecule has 0 aliphatic heterocycles. The van der Waals surface area contributed by atoms with Crippen molar-refractivity contribution in [3.63, 3.8) is 0 Å². The van der Waals surface area contributed by atoms with Crippen molar-refractivity contribution in [3.8, 4) is 0 Å². The summed E-state index contributed by atoms with van der Waals surface area (Å²) in [6.07, 6.45) is 0.485. The van der Waals surface area contributed by atoms with Crippen LogP contribution in [0.2, 0.25) is 0 Å². The average Bonchev–Trinajstić information content (AvgIpc) is 2.16. The van der Waals surface area contributed by atoms with Crippen molar-refractivity contribution in [2.75, 3.05) is 5.32 Å². The van der Waals surface area contributed by atoms with Gasteiger partial charge in [0, 0.05) is 5.69 Å². The Labute approximate surface area is 98.8 Å². The molecule has 0 aromatic heterocycles. The van der Waals surface area contributed by atoms with Gasteiger partial charge in [0.15, 0.2) is 0 Å². The maximum atomic E-state index is 11.4. The second-order valence-corrected chi connectivity index (χ2v) is 4.94. The molecule has 0 saturated heterocycles. The molecule has 3 nitrogen and oxygen atoms in total. The number of hydrogen-bond acceptors (Lipinski definition) is 2. The predicted octanol–water partition coefficient (Wildman–Crippen LogP) is 3.41. The highest BCUT2D eigenvalue weighted by atomic mass is 31.0. The van der Waals surface area contributed by atoms with E-state index in [2.05, 4.69) is 14.6 Å². The minimum Gasteiger partial charge on any atom is -0.444 e. The first-order chi connectivity index (χ1) is 7.40. The highest BCUT2D eigenvalue weighted by Gasteiger charge is 2.15. The van der Waals surface area contributed by atoms with Crippen molar-refractivity contribution in [3.05, 3.63) is 29.8 Å². The first kappa shape index (κ1) is 13.0. The Kier molecular flexibility index (Phi) is 4.31. The molecule has 1 N–H and O–H groups in total. The van der Waals surface area contributed by atoms with Gasteiger partial charge in [-0.2, -0.15) is 0 Å². The van der Waals surface area contributed by atoms with Crippen molar-refractivity contribution in [1.29, 1.82) is 0 Å². The number of nitrogens with one attached hydrogen (secondary N) is 1. The summed E-state index contributed by atoms with van der Waals surface area (Å²) in [5.74, 6) is 0. The van der Waals surface area contributed by atoms with Gasteiger partial charge < -0.3 is 4.74 Å². The molecule has 16 heavy (non-hydrogen) atoms. The topological polar surface area (TPSA) is 38.3 Å². The lowest BCUT2D eigenvalue weighted by Gasteiger charge is -2.19. The van der Waals surface area contributed by atoms with Crippen LogP contribution >= 0.6 is 9.24 Å². The van der Waals surface area contributed by atoms with Gasteiger partial charge in [0.25, 0.3) is 0 Å². The highest BCUT2D eigenvalue weighted by molar-refractivity contribution is 7.15. The van der Waals surface area contributed by atoms with Crippen LogP contribution in [0.3, 0.4) is 0 Å². The summed E-state index contributed by atoms with van der Waals surface area (Å²) in [4.78, 5) is 11.4. The molecule has 0 fully saturated rings. The fourth-order valence-corrected chi connectivity index (χ4v) is 1.42. The fourth-order valence-electron chi connectivity index (χ4n) is 1.15. The minimum absolute atomic E-state index is 0.425. The maximum absolute atomic E-state index is 11.4. The van der Waals surface area contributed by atoms with Crippen LogP contribution in [0, 0.1) is 0 Å². The summed E-state index contributed by atoms with van der Waals surface area (Å²) in [5.41, 5.74) is 1.49. The van der Waals surface area contributed by atoms with Crippen LogP contribution in [0.15, 0.2) is 24.3 Å². The molecule has 1 unspecified atom stereocenters. The molecule has 0 heterocycles. The van der Waals surface area contributed by atoms with Crippen molar-refractivity contribution < 1.29 is 9.53 Å². The van der Waals surface area contributed by atoms with Crippen molar-refractivity contribution in [2.24, 2.45) is 0 Å². The number of anilines is 1. The number of rotatable bonds is 2. The van der Waals surface area contributed by atoms with Gasteiger partial charge in [-0.05, 0) is 44.6 Å². The van der Waals surface area contributed by atoms with Crippen LogP contribution in [-0.4, -0.2) is 11.7 Å². The third-order valence-corrected chi connectivity index (χ3v) is 2.31. The molecule has 0 radical (unpaired) electrons. The molecule has 1 aromatic carbocycles. The van der Waals surface area contributed by atoms with E-state index in [0.717, 1.165) is 11.8 Å². The first-order valence-corrected chi connectivity index (χ1v) is 6.01. The number of carbonyl (C=O) groups excluding carboxylic acids is 1. The average molecular weight is 239 g/mol. The Bertz CT molecular complexity index is 354. The van der Waals surface area contributed by atoms with Gasteiger partial charge in [-0.3, -0.25) is 5.32 Å². The Morgan fingerprint density at radius 1 is 1.31 bits per heavy atom. The number of amides is 1. The zero-order valence-electron chi connectivity index (χ0n) is 9.91. The molecule has 0 spiro atoms. The Balaban J connectivity index is 2.56. The van der Waals surface area contributed by atoms with Crippen LogP contribution in [0.1, 0.15) is 26.3 Å². The zero-order chi connectivity index (χ0) is 12.2. The summed E-state index contributed by atoms with van der Waals surface area (Å²) >= 11 is 0. The van der Waals surface area contributed by atoms with Crippen molar-refractivity contribution in [1.82, 2.24) is 0 Å². The normalized spacial score (nSPS) is 11.0. The van der Waals surface area contributed by atoms with Crippen LogP contribution in [-0.2, 0) is 10.9 Å². The van der Waals surface area contributed by atoms with E-state index >= 15 is 0 Å². The number of ether oxygens (including phenoxy) is 1. The van der Waals surface area contributed by atoms with Crippen molar-refractivity contribution >= 4 is 21.0 Å². The summed E-state index contributed by atoms with van der Waals surface area (Å²) in [6.45, 7) is 5.51. The predicted molar refractivity (Wildman–Crippen MR) is 69.7 cm³/mol. The molecule has 0 aliphatic rings. The van der Waals surface area contributed by atoms with Crippen LogP contribution in [0.25, 0.3) is 0 Å². The first-order valence-electron chi connectivity index (χ1n) is 5.20. The second-order valence-electron chi connectivity index (χ2n) is 4.53. The van der Waals surface area contributed by atoms with E-state index in [9.17, 15) is 4.79 Å². The number of hydrogen-bond donors (Lipinski definition) is 1. The second kappa shape index (κ2) is 5.31. The summed E-state index contributed by atoms with van der Waals surface area (Å²) in [6, 6.07) is 7.67. The quantitative estimate of drug-likeness (QED) is 0.803. The molecular weight excluding hydrogens is 221 g/mol. The van der Waals surface area contributed by atoms with E-state index < -0.39 is 11.7 Å². The lowest BCUT2D eigenvalue weighted by molar-refractivity contribution is 0.0636. The van der Waals surface area contributed by atoms with E-state index in [0.29, 0.717) is 0 Å². The maximum Gasteiger partial charge on any atom is 0.412 e. The molecule has 1 atom stereocenters. The van der Waals surface area contributed by atoms with E-state index in [1.54, 1.807) is 0 Å². The van der Waals surface area contributed by atoms with E-state index in [4.69, 9.17) is 4.74 Å². The minimum atomic E-state index is -0.468. The van der Waals surface area contributed by atoms with Gasteiger partial charge in [-0.15, -0.1) is 9.24 Å². The SMILES string of the molecule is CC(C)(C)OC(=O)Nc1ccc(CP)cc1. The van der Waals surface area contributed by atoms with Crippen molar-refractivity contribution in [2.45, 2.75) is 32.5 Å². The number of benzene rings is 1.